The van der Waals surface area contributed by atoms with Crippen LogP contribution in [0.25, 0.3) is 0 Å². The number of hydrogen-bond acceptors (Lipinski definition) is 5. The lowest BCUT2D eigenvalue weighted by molar-refractivity contribution is -0.117. The van der Waals surface area contributed by atoms with Crippen LogP contribution in [0, 0.1) is 12.8 Å². The minimum Gasteiger partial charge on any atom is -0.465 e. The van der Waals surface area contributed by atoms with Crippen molar-refractivity contribution in [2.24, 2.45) is 5.92 Å². The molecular formula is C20H22N2O4S. The second-order valence-electron chi connectivity index (χ2n) is 6.62. The zero-order valence-electron chi connectivity index (χ0n) is 15.5. The minimum absolute atomic E-state index is 0.00622. The Morgan fingerprint density at radius 1 is 1.19 bits per heavy atom. The van der Waals surface area contributed by atoms with Gasteiger partial charge < -0.3 is 15.4 Å². The first-order chi connectivity index (χ1) is 12.9. The highest BCUT2D eigenvalue weighted by Crippen LogP contribution is 2.36. The summed E-state index contributed by atoms with van der Waals surface area (Å²) < 4.78 is 4.84. The predicted molar refractivity (Wildman–Crippen MR) is 104 cm³/mol. The molecule has 0 spiro atoms. The first-order valence-electron chi connectivity index (χ1n) is 8.80. The van der Waals surface area contributed by atoms with E-state index in [1.807, 2.05) is 37.3 Å². The van der Waals surface area contributed by atoms with Crippen LogP contribution in [0.3, 0.4) is 0 Å². The number of benzene rings is 1. The van der Waals surface area contributed by atoms with Gasteiger partial charge in [-0.05, 0) is 37.8 Å². The molecule has 0 aliphatic heterocycles. The van der Waals surface area contributed by atoms with Crippen LogP contribution < -0.4 is 10.6 Å². The van der Waals surface area contributed by atoms with Gasteiger partial charge in [-0.25, -0.2) is 4.79 Å². The maximum Gasteiger partial charge on any atom is 0.341 e. The Hall–Kier alpha value is -2.67. The number of nitrogens with one attached hydrogen (secondary N) is 2. The van der Waals surface area contributed by atoms with Crippen molar-refractivity contribution in [3.8, 4) is 0 Å². The number of ether oxygens (including phenoxy) is 1. The molecule has 27 heavy (non-hydrogen) atoms. The number of carbonyl (C=O) groups is 3. The number of carbonyl (C=O) groups excluding carboxylic acids is 3. The van der Waals surface area contributed by atoms with Gasteiger partial charge in [0, 0.05) is 5.92 Å². The van der Waals surface area contributed by atoms with Gasteiger partial charge in [-0.3, -0.25) is 9.59 Å². The summed E-state index contributed by atoms with van der Waals surface area (Å²) in [6, 6.07) is 9.43. The van der Waals surface area contributed by atoms with E-state index in [0.29, 0.717) is 15.4 Å². The summed E-state index contributed by atoms with van der Waals surface area (Å²) in [5.41, 5.74) is 1.74. The Labute approximate surface area is 161 Å². The van der Waals surface area contributed by atoms with Crippen LogP contribution in [-0.2, 0) is 9.53 Å². The average molecular weight is 386 g/mol. The molecule has 1 aliphatic carbocycles. The Morgan fingerprint density at radius 2 is 1.85 bits per heavy atom. The molecule has 1 saturated carbocycles. The van der Waals surface area contributed by atoms with Crippen LogP contribution >= 0.6 is 11.3 Å². The molecule has 0 saturated heterocycles. The van der Waals surface area contributed by atoms with Gasteiger partial charge in [-0.2, -0.15) is 0 Å². The second kappa shape index (κ2) is 7.92. The van der Waals surface area contributed by atoms with Crippen LogP contribution in [-0.4, -0.2) is 24.9 Å². The van der Waals surface area contributed by atoms with Crippen molar-refractivity contribution in [1.82, 2.24) is 5.32 Å². The fourth-order valence-electron chi connectivity index (χ4n) is 2.81. The molecule has 2 amide bonds. The Balaban J connectivity index is 1.85. The molecule has 2 N–H and O–H groups in total. The summed E-state index contributed by atoms with van der Waals surface area (Å²) in [4.78, 5) is 37.5. The van der Waals surface area contributed by atoms with Crippen LogP contribution in [0.2, 0.25) is 0 Å². The lowest BCUT2D eigenvalue weighted by atomic mass is 10.1. The van der Waals surface area contributed by atoms with Gasteiger partial charge >= 0.3 is 5.97 Å². The monoisotopic (exact) mass is 386 g/mol. The largest absolute Gasteiger partial charge is 0.465 e. The number of amides is 2. The molecule has 1 heterocycles. The number of methoxy groups -OCH3 is 1. The molecule has 1 atom stereocenters. The van der Waals surface area contributed by atoms with Crippen LogP contribution in [0.1, 0.15) is 57.0 Å². The van der Waals surface area contributed by atoms with Gasteiger partial charge in [-0.15, -0.1) is 11.3 Å². The highest BCUT2D eigenvalue weighted by atomic mass is 32.1. The third-order valence-electron chi connectivity index (χ3n) is 4.57. The molecule has 1 aromatic carbocycles. The van der Waals surface area contributed by atoms with Crippen LogP contribution in [0.15, 0.2) is 30.3 Å². The lowest BCUT2D eigenvalue weighted by Crippen LogP contribution is -2.26. The topological polar surface area (TPSA) is 84.5 Å². The third kappa shape index (κ3) is 4.19. The molecule has 0 radical (unpaired) electrons. The van der Waals surface area contributed by atoms with Crippen molar-refractivity contribution in [3.63, 3.8) is 0 Å². The Kier molecular flexibility index (Phi) is 5.60. The van der Waals surface area contributed by atoms with Crippen molar-refractivity contribution in [2.75, 3.05) is 12.4 Å². The van der Waals surface area contributed by atoms with E-state index in [0.717, 1.165) is 29.7 Å². The minimum atomic E-state index is -0.565. The fraction of sp³-hybridized carbons (Fsp3) is 0.350. The number of thiophene rings is 1. The van der Waals surface area contributed by atoms with E-state index in [1.165, 1.54) is 7.11 Å². The van der Waals surface area contributed by atoms with Crippen molar-refractivity contribution >= 4 is 34.1 Å². The van der Waals surface area contributed by atoms with Crippen LogP contribution in [0.5, 0.6) is 0 Å². The second-order valence-corrected chi connectivity index (χ2v) is 7.64. The van der Waals surface area contributed by atoms with Gasteiger partial charge in [0.05, 0.1) is 23.6 Å². The lowest BCUT2D eigenvalue weighted by Gasteiger charge is -2.14. The number of hydrogen-bond donors (Lipinski definition) is 2. The predicted octanol–water partition coefficient (Wildman–Crippen LogP) is 3.68. The molecule has 6 nitrogen and oxygen atoms in total. The molecule has 3 rings (SSSR count). The van der Waals surface area contributed by atoms with E-state index < -0.39 is 5.97 Å². The van der Waals surface area contributed by atoms with Crippen molar-refractivity contribution in [3.05, 3.63) is 51.9 Å². The van der Waals surface area contributed by atoms with Gasteiger partial charge in [-0.1, -0.05) is 30.3 Å². The summed E-state index contributed by atoms with van der Waals surface area (Å²) in [7, 11) is 1.28. The molecular weight excluding hydrogens is 364 g/mol. The molecule has 0 bridgehead atoms. The summed E-state index contributed by atoms with van der Waals surface area (Å²) in [5.74, 6) is -0.977. The highest BCUT2D eigenvalue weighted by molar-refractivity contribution is 7.18. The molecule has 142 valence electrons. The van der Waals surface area contributed by atoms with E-state index in [9.17, 15) is 14.4 Å². The maximum atomic E-state index is 12.8. The van der Waals surface area contributed by atoms with E-state index in [4.69, 9.17) is 4.74 Å². The van der Waals surface area contributed by atoms with Gasteiger partial charge in [0.1, 0.15) is 5.00 Å². The number of anilines is 1. The van der Waals surface area contributed by atoms with Crippen molar-refractivity contribution in [1.29, 1.82) is 0 Å². The third-order valence-corrected chi connectivity index (χ3v) is 5.78. The smallest absolute Gasteiger partial charge is 0.341 e. The molecule has 1 aromatic heterocycles. The first kappa shape index (κ1) is 19.1. The number of rotatable bonds is 6. The standard InChI is InChI=1S/C20H22N2O4S/c1-11-15(20(25)26-3)19(22-17(23)14-9-10-14)27-16(11)18(24)21-12(2)13-7-5-4-6-8-13/h4-8,12,14H,9-10H2,1-3H3,(H,21,24)(H,22,23). The summed E-state index contributed by atoms with van der Waals surface area (Å²) in [6.45, 7) is 3.59. The molecule has 1 aliphatic rings. The molecule has 1 unspecified atom stereocenters. The molecule has 2 aromatic rings. The first-order valence-corrected chi connectivity index (χ1v) is 9.62. The van der Waals surface area contributed by atoms with E-state index >= 15 is 0 Å². The van der Waals surface area contributed by atoms with E-state index in [-0.39, 0.29) is 29.3 Å². The van der Waals surface area contributed by atoms with E-state index in [1.54, 1.807) is 6.92 Å². The number of esters is 1. The summed E-state index contributed by atoms with van der Waals surface area (Å²) in [6.07, 6.45) is 1.71. The maximum absolute atomic E-state index is 12.8. The zero-order chi connectivity index (χ0) is 19.6. The Morgan fingerprint density at radius 3 is 2.44 bits per heavy atom. The SMILES string of the molecule is COC(=O)c1c(NC(=O)C2CC2)sc(C(=O)NC(C)c2ccccc2)c1C. The molecule has 1 fully saturated rings. The summed E-state index contributed by atoms with van der Waals surface area (Å²) in [5, 5.41) is 6.10. The normalized spacial score (nSPS) is 14.3. The highest BCUT2D eigenvalue weighted by Gasteiger charge is 2.32. The van der Waals surface area contributed by atoms with Gasteiger partial charge in [0.25, 0.3) is 5.91 Å². The average Bonchev–Trinajstić information content (AvgIpc) is 3.46. The fourth-order valence-corrected chi connectivity index (χ4v) is 3.91. The molecule has 7 heteroatoms. The van der Waals surface area contributed by atoms with Crippen LogP contribution in [0.4, 0.5) is 5.00 Å². The van der Waals surface area contributed by atoms with Crippen molar-refractivity contribution in [2.45, 2.75) is 32.7 Å². The van der Waals surface area contributed by atoms with E-state index in [2.05, 4.69) is 10.6 Å². The Bertz CT molecular complexity index is 872. The summed E-state index contributed by atoms with van der Waals surface area (Å²) >= 11 is 1.10. The quantitative estimate of drug-likeness (QED) is 0.742. The zero-order valence-corrected chi connectivity index (χ0v) is 16.3. The van der Waals surface area contributed by atoms with Gasteiger partial charge in [0.15, 0.2) is 0 Å². The van der Waals surface area contributed by atoms with Crippen molar-refractivity contribution < 1.29 is 19.1 Å². The van der Waals surface area contributed by atoms with Gasteiger partial charge in [0.2, 0.25) is 5.91 Å².